The summed E-state index contributed by atoms with van der Waals surface area (Å²) >= 11 is 5.82. The number of alkyl halides is 3. The Morgan fingerprint density at radius 1 is 1.39 bits per heavy atom. The number of aromatic nitrogens is 1. The summed E-state index contributed by atoms with van der Waals surface area (Å²) in [6, 6.07) is 1.62. The number of fused-ring (bicyclic) bond motifs is 2. The predicted octanol–water partition coefficient (Wildman–Crippen LogP) is 2.49. The minimum atomic E-state index is -4.59. The second-order valence-corrected chi connectivity index (χ2v) is 5.50. The van der Waals surface area contributed by atoms with E-state index in [2.05, 4.69) is 10.3 Å². The first-order valence-electron chi connectivity index (χ1n) is 5.45. The summed E-state index contributed by atoms with van der Waals surface area (Å²) in [7, 11) is 0. The molecule has 0 radical (unpaired) electrons. The first-order chi connectivity index (χ1) is 8.26. The molecule has 1 spiro atoms. The highest BCUT2D eigenvalue weighted by Gasteiger charge is 2.68. The third kappa shape index (κ3) is 1.45. The molecule has 2 heterocycles. The van der Waals surface area contributed by atoms with Crippen molar-refractivity contribution in [3.63, 3.8) is 0 Å². The van der Waals surface area contributed by atoms with E-state index in [1.54, 1.807) is 6.07 Å². The number of nitrogens with one attached hydrogen (secondary N) is 1. The molecule has 1 aromatic heterocycles. The molecule has 1 aliphatic heterocycles. The number of pyridine rings is 1. The van der Waals surface area contributed by atoms with Gasteiger partial charge in [-0.1, -0.05) is 11.6 Å². The number of nitrogens with zero attached hydrogens (tertiary/aromatic N) is 1. The topological polar surface area (TPSA) is 45.1 Å². The second kappa shape index (κ2) is 3.30. The van der Waals surface area contributed by atoms with Crippen LogP contribution in [0.4, 0.5) is 19.0 Å². The fourth-order valence-corrected chi connectivity index (χ4v) is 3.07. The van der Waals surface area contributed by atoms with Gasteiger partial charge in [-0.2, -0.15) is 13.2 Å². The lowest BCUT2D eigenvalue weighted by atomic mass is 9.57. The Balaban J connectivity index is 1.93. The summed E-state index contributed by atoms with van der Waals surface area (Å²) in [4.78, 5) is 4.04. The molecule has 3 rings (SSSR count). The van der Waals surface area contributed by atoms with Gasteiger partial charge in [0.2, 0.25) is 0 Å². The highest BCUT2D eigenvalue weighted by Crippen LogP contribution is 2.59. The normalized spacial score (nSPS) is 34.1. The van der Waals surface area contributed by atoms with E-state index in [9.17, 15) is 18.3 Å². The van der Waals surface area contributed by atoms with E-state index >= 15 is 0 Å². The van der Waals surface area contributed by atoms with Crippen LogP contribution in [-0.2, 0) is 5.41 Å². The Morgan fingerprint density at radius 2 is 2.06 bits per heavy atom. The minimum Gasteiger partial charge on any atom is -0.380 e. The van der Waals surface area contributed by atoms with E-state index in [1.807, 2.05) is 0 Å². The summed E-state index contributed by atoms with van der Waals surface area (Å²) in [5.41, 5.74) is -2.61. The van der Waals surface area contributed by atoms with Crippen LogP contribution in [0.1, 0.15) is 18.4 Å². The van der Waals surface area contributed by atoms with Gasteiger partial charge in [0.05, 0.1) is 5.02 Å². The molecule has 18 heavy (non-hydrogen) atoms. The van der Waals surface area contributed by atoms with Gasteiger partial charge in [0.25, 0.3) is 0 Å². The van der Waals surface area contributed by atoms with Crippen molar-refractivity contribution >= 4 is 17.4 Å². The summed E-state index contributed by atoms with van der Waals surface area (Å²) in [5, 5.41) is 12.9. The van der Waals surface area contributed by atoms with Crippen molar-refractivity contribution in [2.45, 2.75) is 30.0 Å². The number of hydrogen-bond acceptors (Lipinski definition) is 3. The fourth-order valence-electron chi connectivity index (χ4n) is 2.92. The molecule has 1 saturated carbocycles. The van der Waals surface area contributed by atoms with Crippen molar-refractivity contribution in [2.75, 3.05) is 11.9 Å². The molecule has 0 saturated heterocycles. The lowest BCUT2D eigenvalue weighted by Crippen LogP contribution is -2.63. The maximum absolute atomic E-state index is 12.7. The summed E-state index contributed by atoms with van der Waals surface area (Å²) in [6.45, 7) is 0.355. The lowest BCUT2D eigenvalue weighted by Gasteiger charge is -2.51. The minimum absolute atomic E-state index is 0.342. The van der Waals surface area contributed by atoms with Crippen LogP contribution in [0.5, 0.6) is 0 Å². The Hall–Kier alpha value is -1.01. The monoisotopic (exact) mass is 278 g/mol. The van der Waals surface area contributed by atoms with E-state index < -0.39 is 17.2 Å². The van der Waals surface area contributed by atoms with Crippen molar-refractivity contribution in [3.8, 4) is 0 Å². The fraction of sp³-hybridized carbons (Fsp3) is 0.545. The molecule has 1 aromatic rings. The standard InChI is InChI=1S/C11H10ClF3N2O/c12-6-1-7-8(16-2-6)17-5-9(7)3-10(18,4-9)11(13,14)15/h1-2,18H,3-5H2,(H,16,17)/t9-,10+. The van der Waals surface area contributed by atoms with Crippen LogP contribution in [0.25, 0.3) is 0 Å². The van der Waals surface area contributed by atoms with Gasteiger partial charge >= 0.3 is 6.18 Å². The van der Waals surface area contributed by atoms with Crippen LogP contribution < -0.4 is 5.32 Å². The van der Waals surface area contributed by atoms with Crippen LogP contribution in [0.3, 0.4) is 0 Å². The average molecular weight is 279 g/mol. The summed E-state index contributed by atoms with van der Waals surface area (Å²) in [6.07, 6.45) is -3.83. The molecule has 2 aliphatic rings. The Morgan fingerprint density at radius 3 is 2.67 bits per heavy atom. The number of anilines is 1. The Bertz CT molecular complexity index is 512. The zero-order valence-corrected chi connectivity index (χ0v) is 9.94. The first kappa shape index (κ1) is 12.0. The Labute approximate surface area is 106 Å². The lowest BCUT2D eigenvalue weighted by molar-refractivity contribution is -0.302. The van der Waals surface area contributed by atoms with Crippen LogP contribution in [-0.4, -0.2) is 28.4 Å². The molecule has 0 unspecified atom stereocenters. The predicted molar refractivity (Wildman–Crippen MR) is 59.7 cm³/mol. The molecule has 7 heteroatoms. The van der Waals surface area contributed by atoms with Gasteiger partial charge in [0.1, 0.15) is 5.82 Å². The maximum Gasteiger partial charge on any atom is 0.417 e. The highest BCUT2D eigenvalue weighted by molar-refractivity contribution is 6.30. The molecule has 0 aromatic carbocycles. The van der Waals surface area contributed by atoms with Crippen molar-refractivity contribution in [2.24, 2.45) is 0 Å². The maximum atomic E-state index is 12.7. The SMILES string of the molecule is O[C@]1(C(F)(F)F)C[C@@]2(CNc3ncc(Cl)cc32)C1. The molecular formula is C11H10ClF3N2O. The molecule has 0 atom stereocenters. The van der Waals surface area contributed by atoms with E-state index in [1.165, 1.54) is 6.20 Å². The molecule has 0 bridgehead atoms. The molecule has 3 nitrogen and oxygen atoms in total. The van der Waals surface area contributed by atoms with Crippen LogP contribution in [0, 0.1) is 0 Å². The zero-order chi connectivity index (χ0) is 13.2. The van der Waals surface area contributed by atoms with E-state index in [4.69, 9.17) is 11.6 Å². The van der Waals surface area contributed by atoms with E-state index in [-0.39, 0.29) is 12.8 Å². The van der Waals surface area contributed by atoms with Gasteiger partial charge in [-0.25, -0.2) is 4.98 Å². The van der Waals surface area contributed by atoms with Crippen LogP contribution in [0.2, 0.25) is 5.02 Å². The Kier molecular flexibility index (Phi) is 2.21. The van der Waals surface area contributed by atoms with Crippen LogP contribution >= 0.6 is 11.6 Å². The number of hydrogen-bond donors (Lipinski definition) is 2. The van der Waals surface area contributed by atoms with Crippen molar-refractivity contribution in [1.82, 2.24) is 4.98 Å². The summed E-state index contributed by atoms with van der Waals surface area (Å²) < 4.78 is 38.0. The third-order valence-electron chi connectivity index (χ3n) is 3.81. The van der Waals surface area contributed by atoms with Gasteiger partial charge in [-0.15, -0.1) is 0 Å². The number of rotatable bonds is 0. The number of halogens is 4. The molecule has 98 valence electrons. The van der Waals surface area contributed by atoms with Gasteiger partial charge in [-0.3, -0.25) is 0 Å². The zero-order valence-electron chi connectivity index (χ0n) is 9.18. The van der Waals surface area contributed by atoms with Gasteiger partial charge in [0.15, 0.2) is 5.60 Å². The first-order valence-corrected chi connectivity index (χ1v) is 5.83. The van der Waals surface area contributed by atoms with E-state index in [0.717, 1.165) is 0 Å². The quantitative estimate of drug-likeness (QED) is 0.766. The van der Waals surface area contributed by atoms with E-state index in [0.29, 0.717) is 22.9 Å². The van der Waals surface area contributed by atoms with Crippen molar-refractivity contribution in [3.05, 3.63) is 22.8 Å². The molecule has 0 amide bonds. The molecule has 1 fully saturated rings. The van der Waals surface area contributed by atoms with Crippen molar-refractivity contribution in [1.29, 1.82) is 0 Å². The molecular weight excluding hydrogens is 269 g/mol. The van der Waals surface area contributed by atoms with Gasteiger partial charge in [0, 0.05) is 23.7 Å². The largest absolute Gasteiger partial charge is 0.417 e. The van der Waals surface area contributed by atoms with Crippen LogP contribution in [0.15, 0.2) is 12.3 Å². The molecule has 2 N–H and O–H groups in total. The average Bonchev–Trinajstić information content (AvgIpc) is 2.55. The smallest absolute Gasteiger partial charge is 0.380 e. The second-order valence-electron chi connectivity index (χ2n) is 5.07. The number of aliphatic hydroxyl groups is 1. The van der Waals surface area contributed by atoms with Crippen molar-refractivity contribution < 1.29 is 18.3 Å². The summed E-state index contributed by atoms with van der Waals surface area (Å²) in [5.74, 6) is 0.559. The van der Waals surface area contributed by atoms with Gasteiger partial charge in [-0.05, 0) is 18.9 Å². The molecule has 1 aliphatic carbocycles. The third-order valence-corrected chi connectivity index (χ3v) is 4.02. The highest BCUT2D eigenvalue weighted by atomic mass is 35.5. The van der Waals surface area contributed by atoms with Gasteiger partial charge < -0.3 is 10.4 Å².